The molecule has 0 unspecified atom stereocenters. The second-order valence-corrected chi connectivity index (χ2v) is 7.68. The zero-order valence-corrected chi connectivity index (χ0v) is 17.7. The number of carbonyl (C=O) groups excluding carboxylic acids is 1. The van der Waals surface area contributed by atoms with Gasteiger partial charge in [0.2, 0.25) is 0 Å². The first-order chi connectivity index (χ1) is 14.5. The SMILES string of the molecule is CCOc1cc(C(=O)NCC(C)(C)c2ccccc2)ccc1OCc1cccnc1. The highest BCUT2D eigenvalue weighted by molar-refractivity contribution is 5.95. The van der Waals surface area contributed by atoms with Crippen molar-refractivity contribution in [2.24, 2.45) is 0 Å². The maximum absolute atomic E-state index is 12.8. The molecule has 0 atom stereocenters. The van der Waals surface area contributed by atoms with Crippen molar-refractivity contribution in [2.45, 2.75) is 32.8 Å². The van der Waals surface area contributed by atoms with Gasteiger partial charge in [-0.2, -0.15) is 0 Å². The van der Waals surface area contributed by atoms with E-state index in [1.165, 1.54) is 5.56 Å². The first-order valence-electron chi connectivity index (χ1n) is 10.1. The van der Waals surface area contributed by atoms with Crippen LogP contribution in [0, 0.1) is 0 Å². The Balaban J connectivity index is 1.67. The quantitative estimate of drug-likeness (QED) is 0.558. The van der Waals surface area contributed by atoms with Crippen molar-refractivity contribution in [3.05, 3.63) is 89.7 Å². The number of amides is 1. The van der Waals surface area contributed by atoms with E-state index in [1.54, 1.807) is 30.6 Å². The van der Waals surface area contributed by atoms with Crippen molar-refractivity contribution < 1.29 is 14.3 Å². The fourth-order valence-corrected chi connectivity index (χ4v) is 3.08. The summed E-state index contributed by atoms with van der Waals surface area (Å²) in [5.74, 6) is 1.01. The number of aromatic nitrogens is 1. The molecule has 0 spiro atoms. The number of hydrogen-bond acceptors (Lipinski definition) is 4. The molecule has 0 fully saturated rings. The van der Waals surface area contributed by atoms with Gasteiger partial charge in [0.05, 0.1) is 6.61 Å². The third-order valence-corrected chi connectivity index (χ3v) is 4.87. The maximum atomic E-state index is 12.8. The Morgan fingerprint density at radius 3 is 2.50 bits per heavy atom. The van der Waals surface area contributed by atoms with Crippen LogP contribution in [0.5, 0.6) is 11.5 Å². The minimum absolute atomic E-state index is 0.140. The topological polar surface area (TPSA) is 60.5 Å². The summed E-state index contributed by atoms with van der Waals surface area (Å²) >= 11 is 0. The van der Waals surface area contributed by atoms with Crippen molar-refractivity contribution >= 4 is 5.91 Å². The van der Waals surface area contributed by atoms with E-state index >= 15 is 0 Å². The van der Waals surface area contributed by atoms with Gasteiger partial charge in [0.15, 0.2) is 11.5 Å². The fourth-order valence-electron chi connectivity index (χ4n) is 3.08. The number of carbonyl (C=O) groups is 1. The Kier molecular flexibility index (Phi) is 7.07. The first kappa shape index (κ1) is 21.4. The Hall–Kier alpha value is -3.34. The van der Waals surface area contributed by atoms with Gasteiger partial charge in [-0.05, 0) is 36.8 Å². The van der Waals surface area contributed by atoms with Crippen molar-refractivity contribution in [1.29, 1.82) is 0 Å². The zero-order chi connectivity index (χ0) is 21.4. The molecule has 1 heterocycles. The molecule has 0 aliphatic rings. The van der Waals surface area contributed by atoms with Crippen molar-refractivity contribution in [3.63, 3.8) is 0 Å². The molecule has 156 valence electrons. The van der Waals surface area contributed by atoms with Crippen LogP contribution in [0.4, 0.5) is 0 Å². The molecular formula is C25H28N2O3. The summed E-state index contributed by atoms with van der Waals surface area (Å²) in [6.07, 6.45) is 3.48. The molecule has 3 rings (SSSR count). The third-order valence-electron chi connectivity index (χ3n) is 4.87. The van der Waals surface area contributed by atoms with Crippen LogP contribution >= 0.6 is 0 Å². The molecule has 0 saturated heterocycles. The number of hydrogen-bond donors (Lipinski definition) is 1. The van der Waals surface area contributed by atoms with Crippen molar-refractivity contribution in [2.75, 3.05) is 13.2 Å². The van der Waals surface area contributed by atoms with E-state index in [9.17, 15) is 4.79 Å². The lowest BCUT2D eigenvalue weighted by molar-refractivity contribution is 0.0945. The van der Waals surface area contributed by atoms with E-state index in [1.807, 2.05) is 37.3 Å². The van der Waals surface area contributed by atoms with Crippen LogP contribution in [0.15, 0.2) is 73.1 Å². The van der Waals surface area contributed by atoms with E-state index in [-0.39, 0.29) is 11.3 Å². The minimum atomic E-state index is -0.174. The predicted molar refractivity (Wildman–Crippen MR) is 118 cm³/mol. The Morgan fingerprint density at radius 1 is 1.00 bits per heavy atom. The molecule has 2 aromatic carbocycles. The van der Waals surface area contributed by atoms with Crippen LogP contribution in [0.2, 0.25) is 0 Å². The van der Waals surface area contributed by atoms with Crippen molar-refractivity contribution in [1.82, 2.24) is 10.3 Å². The molecule has 1 aromatic heterocycles. The standard InChI is InChI=1S/C25H28N2O3/c1-4-29-23-15-20(12-13-22(23)30-17-19-9-8-14-26-16-19)24(28)27-18-25(2,3)21-10-6-5-7-11-21/h5-16H,4,17-18H2,1-3H3,(H,27,28). The van der Waals surface area contributed by atoms with E-state index in [0.29, 0.717) is 36.8 Å². The number of benzene rings is 2. The van der Waals surface area contributed by atoms with Crippen molar-refractivity contribution in [3.8, 4) is 11.5 Å². The molecule has 30 heavy (non-hydrogen) atoms. The Bertz CT molecular complexity index is 957. The van der Waals surface area contributed by atoms with Gasteiger partial charge in [-0.25, -0.2) is 0 Å². The highest BCUT2D eigenvalue weighted by Gasteiger charge is 2.22. The van der Waals surface area contributed by atoms with Gasteiger partial charge in [0.25, 0.3) is 5.91 Å². The summed E-state index contributed by atoms with van der Waals surface area (Å²) in [5.41, 5.74) is 2.51. The second kappa shape index (κ2) is 9.92. The highest BCUT2D eigenvalue weighted by Crippen LogP contribution is 2.29. The highest BCUT2D eigenvalue weighted by atomic mass is 16.5. The first-order valence-corrected chi connectivity index (χ1v) is 10.1. The maximum Gasteiger partial charge on any atom is 0.251 e. The molecule has 1 N–H and O–H groups in total. The minimum Gasteiger partial charge on any atom is -0.490 e. The summed E-state index contributed by atoms with van der Waals surface area (Å²) in [6, 6.07) is 19.2. The molecule has 0 aliphatic carbocycles. The molecular weight excluding hydrogens is 376 g/mol. The van der Waals surface area contributed by atoms with Gasteiger partial charge in [-0.1, -0.05) is 50.2 Å². The van der Waals surface area contributed by atoms with E-state index in [4.69, 9.17) is 9.47 Å². The molecule has 5 heteroatoms. The molecule has 1 amide bonds. The largest absolute Gasteiger partial charge is 0.490 e. The number of nitrogens with one attached hydrogen (secondary N) is 1. The monoisotopic (exact) mass is 404 g/mol. The average molecular weight is 405 g/mol. The summed E-state index contributed by atoms with van der Waals surface area (Å²) in [4.78, 5) is 16.8. The number of nitrogens with zero attached hydrogens (tertiary/aromatic N) is 1. The van der Waals surface area contributed by atoms with Crippen LogP contribution in [0.3, 0.4) is 0 Å². The van der Waals surface area contributed by atoms with Crippen LogP contribution in [-0.2, 0) is 12.0 Å². The van der Waals surface area contributed by atoms with E-state index in [2.05, 4.69) is 36.3 Å². The lowest BCUT2D eigenvalue weighted by Gasteiger charge is -2.25. The lowest BCUT2D eigenvalue weighted by atomic mass is 9.84. The molecule has 0 bridgehead atoms. The van der Waals surface area contributed by atoms with Gasteiger partial charge in [-0.15, -0.1) is 0 Å². The molecule has 3 aromatic rings. The summed E-state index contributed by atoms with van der Waals surface area (Å²) in [7, 11) is 0. The summed E-state index contributed by atoms with van der Waals surface area (Å²) in [5, 5.41) is 3.04. The van der Waals surface area contributed by atoms with E-state index < -0.39 is 0 Å². The Labute approximate surface area is 178 Å². The van der Waals surface area contributed by atoms with Crippen LogP contribution in [0.1, 0.15) is 42.3 Å². The van der Waals surface area contributed by atoms with Crippen LogP contribution in [0.25, 0.3) is 0 Å². The Morgan fingerprint density at radius 2 is 1.80 bits per heavy atom. The lowest BCUT2D eigenvalue weighted by Crippen LogP contribution is -2.36. The summed E-state index contributed by atoms with van der Waals surface area (Å²) < 4.78 is 11.6. The van der Waals surface area contributed by atoms with Crippen LogP contribution < -0.4 is 14.8 Å². The predicted octanol–water partition coefficient (Wildman–Crippen LogP) is 4.77. The molecule has 0 radical (unpaired) electrons. The zero-order valence-electron chi connectivity index (χ0n) is 17.7. The number of rotatable bonds is 9. The number of ether oxygens (including phenoxy) is 2. The van der Waals surface area contributed by atoms with E-state index in [0.717, 1.165) is 5.56 Å². The number of pyridine rings is 1. The van der Waals surface area contributed by atoms with Gasteiger partial charge in [-0.3, -0.25) is 9.78 Å². The van der Waals surface area contributed by atoms with Gasteiger partial charge in [0.1, 0.15) is 6.61 Å². The fraction of sp³-hybridized carbons (Fsp3) is 0.280. The molecule has 0 saturated carbocycles. The smallest absolute Gasteiger partial charge is 0.251 e. The van der Waals surface area contributed by atoms with Gasteiger partial charge < -0.3 is 14.8 Å². The third kappa shape index (κ3) is 5.60. The molecule has 5 nitrogen and oxygen atoms in total. The van der Waals surface area contributed by atoms with Gasteiger partial charge >= 0.3 is 0 Å². The average Bonchev–Trinajstić information content (AvgIpc) is 2.78. The van der Waals surface area contributed by atoms with Crippen LogP contribution in [-0.4, -0.2) is 24.0 Å². The van der Waals surface area contributed by atoms with Gasteiger partial charge in [0, 0.05) is 35.5 Å². The molecule has 0 aliphatic heterocycles. The second-order valence-electron chi connectivity index (χ2n) is 7.68. The normalized spacial score (nSPS) is 11.0. The summed E-state index contributed by atoms with van der Waals surface area (Å²) in [6.45, 7) is 7.52.